The fourth-order valence-electron chi connectivity index (χ4n) is 2.95. The zero-order valence-electron chi connectivity index (χ0n) is 14.5. The van der Waals surface area contributed by atoms with Crippen molar-refractivity contribution in [3.63, 3.8) is 0 Å². The minimum absolute atomic E-state index is 0. The molecule has 0 spiro atoms. The Morgan fingerprint density at radius 3 is 2.62 bits per heavy atom. The molecule has 0 aromatic heterocycles. The number of nitrogens with two attached hydrogens (primary N) is 1. The minimum Gasteiger partial charge on any atom is -0.486 e. The summed E-state index contributed by atoms with van der Waals surface area (Å²) in [6.45, 7) is 7.79. The number of halogens is 1. The molecule has 1 heterocycles. The molecule has 1 aromatic carbocycles. The van der Waals surface area contributed by atoms with Crippen molar-refractivity contribution in [2.75, 3.05) is 19.8 Å². The maximum Gasteiger partial charge on any atom is 0.224 e. The van der Waals surface area contributed by atoms with E-state index in [0.29, 0.717) is 25.7 Å². The molecule has 6 heteroatoms. The second kappa shape index (κ2) is 7.19. The molecule has 3 rings (SSSR count). The fourth-order valence-corrected chi connectivity index (χ4v) is 2.95. The van der Waals surface area contributed by atoms with Gasteiger partial charge in [-0.25, -0.2) is 0 Å². The maximum atomic E-state index is 12.5. The number of nitrogens with one attached hydrogen (secondary N) is 1. The lowest BCUT2D eigenvalue weighted by molar-refractivity contribution is -0.124. The number of fused-ring (bicyclic) bond motifs is 1. The highest BCUT2D eigenvalue weighted by molar-refractivity contribution is 5.85. The van der Waals surface area contributed by atoms with E-state index in [1.165, 1.54) is 0 Å². The Morgan fingerprint density at radius 2 is 2.00 bits per heavy atom. The van der Waals surface area contributed by atoms with Crippen molar-refractivity contribution < 1.29 is 14.3 Å². The third-order valence-electron chi connectivity index (χ3n) is 5.23. The second-order valence-electron chi connectivity index (χ2n) is 7.12. The van der Waals surface area contributed by atoms with E-state index in [4.69, 9.17) is 15.2 Å². The Labute approximate surface area is 149 Å². The van der Waals surface area contributed by atoms with Crippen LogP contribution in [0.2, 0.25) is 0 Å². The van der Waals surface area contributed by atoms with Gasteiger partial charge in [-0.15, -0.1) is 12.4 Å². The predicted molar refractivity (Wildman–Crippen MR) is 96.0 cm³/mol. The third kappa shape index (κ3) is 3.62. The number of hydrogen-bond acceptors (Lipinski definition) is 4. The molecule has 1 aliphatic carbocycles. The maximum absolute atomic E-state index is 12.5. The first-order chi connectivity index (χ1) is 10.9. The Balaban J connectivity index is 0.00000208. The summed E-state index contributed by atoms with van der Waals surface area (Å²) in [4.78, 5) is 12.5. The van der Waals surface area contributed by atoms with Gasteiger partial charge in [-0.1, -0.05) is 19.9 Å². The zero-order valence-corrected chi connectivity index (χ0v) is 15.3. The molecule has 0 saturated heterocycles. The first-order valence-electron chi connectivity index (χ1n) is 8.36. The van der Waals surface area contributed by atoms with Gasteiger partial charge < -0.3 is 20.5 Å². The summed E-state index contributed by atoms with van der Waals surface area (Å²) < 4.78 is 11.2. The van der Waals surface area contributed by atoms with Crippen LogP contribution in [-0.4, -0.2) is 31.2 Å². The molecule has 1 aromatic rings. The molecule has 24 heavy (non-hydrogen) atoms. The van der Waals surface area contributed by atoms with Crippen molar-refractivity contribution in [3.05, 3.63) is 23.8 Å². The molecule has 2 aliphatic rings. The highest BCUT2D eigenvalue weighted by Crippen LogP contribution is 2.49. The number of benzene rings is 1. The summed E-state index contributed by atoms with van der Waals surface area (Å²) in [5.41, 5.74) is 6.65. The molecule has 3 N–H and O–H groups in total. The summed E-state index contributed by atoms with van der Waals surface area (Å²) in [5.74, 6) is 2.27. The largest absolute Gasteiger partial charge is 0.486 e. The molecule has 3 unspecified atom stereocenters. The smallest absolute Gasteiger partial charge is 0.224 e. The molecule has 3 atom stereocenters. The molecular weight excluding hydrogens is 328 g/mol. The van der Waals surface area contributed by atoms with E-state index in [9.17, 15) is 4.79 Å². The number of rotatable bonds is 5. The fraction of sp³-hybridized carbons (Fsp3) is 0.611. The lowest BCUT2D eigenvalue weighted by atomic mass is 9.88. The van der Waals surface area contributed by atoms with Gasteiger partial charge in [0.05, 0.1) is 5.54 Å². The predicted octanol–water partition coefficient (Wildman–Crippen LogP) is 2.47. The summed E-state index contributed by atoms with van der Waals surface area (Å²) in [6.07, 6.45) is 0.879. The minimum atomic E-state index is -0.350. The van der Waals surface area contributed by atoms with Gasteiger partial charge in [0.15, 0.2) is 11.5 Å². The Kier molecular flexibility index (Phi) is 5.66. The zero-order chi connectivity index (χ0) is 16.6. The highest BCUT2D eigenvalue weighted by Gasteiger charge is 2.46. The molecule has 0 radical (unpaired) electrons. The number of carbonyl (C=O) groups is 1. The third-order valence-corrected chi connectivity index (χ3v) is 5.23. The van der Waals surface area contributed by atoms with Crippen LogP contribution in [0.5, 0.6) is 11.5 Å². The molecule has 134 valence electrons. The van der Waals surface area contributed by atoms with E-state index in [1.54, 1.807) is 0 Å². The van der Waals surface area contributed by atoms with E-state index >= 15 is 0 Å². The number of carbonyl (C=O) groups excluding carboxylic acids is 1. The van der Waals surface area contributed by atoms with Gasteiger partial charge in [-0.05, 0) is 42.9 Å². The average molecular weight is 355 g/mol. The van der Waals surface area contributed by atoms with Crippen LogP contribution in [0, 0.1) is 11.8 Å². The Morgan fingerprint density at radius 1 is 1.33 bits per heavy atom. The Hall–Kier alpha value is -1.46. The van der Waals surface area contributed by atoms with Crippen LogP contribution in [0.4, 0.5) is 0 Å². The van der Waals surface area contributed by atoms with E-state index < -0.39 is 0 Å². The van der Waals surface area contributed by atoms with E-state index in [0.717, 1.165) is 23.5 Å². The lowest BCUT2D eigenvalue weighted by Gasteiger charge is -2.33. The molecule has 1 saturated carbocycles. The quantitative estimate of drug-likeness (QED) is 0.852. The van der Waals surface area contributed by atoms with Crippen molar-refractivity contribution in [2.45, 2.75) is 38.6 Å². The van der Waals surface area contributed by atoms with Crippen molar-refractivity contribution in [1.82, 2.24) is 5.32 Å². The van der Waals surface area contributed by atoms with Crippen LogP contribution in [-0.2, 0) is 4.79 Å². The van der Waals surface area contributed by atoms with Crippen molar-refractivity contribution in [3.8, 4) is 11.5 Å². The number of hydrogen-bond donors (Lipinski definition) is 2. The lowest BCUT2D eigenvalue weighted by Crippen LogP contribution is -2.55. The standard InChI is InChI=1S/C18H26N2O3.ClH/c1-11(2)18(3,10-19)20-17(21)14-9-13(14)12-4-5-15-16(8-12)23-7-6-22-15;/h4-5,8,11,13-14H,6-7,9-10,19H2,1-3H3,(H,20,21);1H. The van der Waals surface area contributed by atoms with Crippen molar-refractivity contribution in [1.29, 1.82) is 0 Å². The van der Waals surface area contributed by atoms with Crippen LogP contribution in [0.25, 0.3) is 0 Å². The summed E-state index contributed by atoms with van der Waals surface area (Å²) in [6, 6.07) is 5.99. The monoisotopic (exact) mass is 354 g/mol. The topological polar surface area (TPSA) is 73.6 Å². The van der Waals surface area contributed by atoms with Gasteiger partial charge in [-0.2, -0.15) is 0 Å². The van der Waals surface area contributed by atoms with Crippen LogP contribution in [0.1, 0.15) is 38.7 Å². The first kappa shape index (κ1) is 18.9. The second-order valence-corrected chi connectivity index (χ2v) is 7.12. The van der Waals surface area contributed by atoms with Crippen LogP contribution < -0.4 is 20.5 Å². The van der Waals surface area contributed by atoms with Crippen molar-refractivity contribution >= 4 is 18.3 Å². The molecule has 1 aliphatic heterocycles. The van der Waals surface area contributed by atoms with Crippen molar-refractivity contribution in [2.24, 2.45) is 17.6 Å². The first-order valence-corrected chi connectivity index (χ1v) is 8.36. The highest BCUT2D eigenvalue weighted by atomic mass is 35.5. The van der Waals surface area contributed by atoms with Gasteiger partial charge in [0.25, 0.3) is 0 Å². The van der Waals surface area contributed by atoms with Gasteiger partial charge in [-0.3, -0.25) is 4.79 Å². The molecule has 5 nitrogen and oxygen atoms in total. The van der Waals surface area contributed by atoms with Crippen LogP contribution in [0.3, 0.4) is 0 Å². The van der Waals surface area contributed by atoms with Gasteiger partial charge >= 0.3 is 0 Å². The van der Waals surface area contributed by atoms with Crippen LogP contribution in [0.15, 0.2) is 18.2 Å². The van der Waals surface area contributed by atoms with Gasteiger partial charge in [0, 0.05) is 12.5 Å². The molecule has 1 fully saturated rings. The molecular formula is C18H27ClN2O3. The SMILES string of the molecule is CC(C)C(C)(CN)NC(=O)C1CC1c1ccc2c(c1)OCCO2.Cl. The Bertz CT molecular complexity index is 608. The summed E-state index contributed by atoms with van der Waals surface area (Å²) in [5, 5.41) is 3.15. The molecule has 0 bridgehead atoms. The summed E-state index contributed by atoms with van der Waals surface area (Å²) in [7, 11) is 0. The molecule has 1 amide bonds. The number of amides is 1. The average Bonchev–Trinajstić information content (AvgIpc) is 3.35. The van der Waals surface area contributed by atoms with E-state index in [-0.39, 0.29) is 35.7 Å². The number of ether oxygens (including phenoxy) is 2. The van der Waals surface area contributed by atoms with E-state index in [2.05, 4.69) is 19.2 Å². The van der Waals surface area contributed by atoms with Crippen LogP contribution >= 0.6 is 12.4 Å². The normalized spacial score (nSPS) is 23.9. The van der Waals surface area contributed by atoms with Gasteiger partial charge in [0.2, 0.25) is 5.91 Å². The van der Waals surface area contributed by atoms with Gasteiger partial charge in [0.1, 0.15) is 13.2 Å². The summed E-state index contributed by atoms with van der Waals surface area (Å²) >= 11 is 0. The van der Waals surface area contributed by atoms with E-state index in [1.807, 2.05) is 25.1 Å².